The number of piperidine rings is 1. The maximum Gasteiger partial charge on any atom is 0.254 e. The van der Waals surface area contributed by atoms with Crippen LogP contribution in [0, 0.1) is 0 Å². The number of thiazole rings is 1. The molecule has 0 spiro atoms. The number of carbonyl (C=O) groups excluding carboxylic acids is 1. The first-order valence-corrected chi connectivity index (χ1v) is 9.28. The van der Waals surface area contributed by atoms with Gasteiger partial charge >= 0.3 is 0 Å². The summed E-state index contributed by atoms with van der Waals surface area (Å²) in [5.74, 6) is -0.0145. The van der Waals surface area contributed by atoms with Crippen molar-refractivity contribution in [2.45, 2.75) is 38.8 Å². The van der Waals surface area contributed by atoms with E-state index in [-0.39, 0.29) is 5.91 Å². The van der Waals surface area contributed by atoms with E-state index in [0.717, 1.165) is 35.7 Å². The van der Waals surface area contributed by atoms with Gasteiger partial charge in [0.15, 0.2) is 0 Å². The Morgan fingerprint density at radius 3 is 3.12 bits per heavy atom. The molecule has 0 radical (unpaired) electrons. The lowest BCUT2D eigenvalue weighted by Gasteiger charge is -2.30. The number of nitrogens with one attached hydrogen (secondary N) is 1. The van der Waals surface area contributed by atoms with Crippen molar-refractivity contribution in [3.63, 3.8) is 0 Å². The van der Waals surface area contributed by atoms with Gasteiger partial charge in [0.05, 0.1) is 23.4 Å². The van der Waals surface area contributed by atoms with Crippen LogP contribution in [0.1, 0.15) is 40.8 Å². The average molecular weight is 345 g/mol. The van der Waals surface area contributed by atoms with Crippen molar-refractivity contribution in [3.05, 3.63) is 45.9 Å². The number of amides is 1. The lowest BCUT2D eigenvalue weighted by Crippen LogP contribution is -2.42. The molecular formula is C18H23N3O2S. The van der Waals surface area contributed by atoms with Crippen LogP contribution in [-0.4, -0.2) is 40.1 Å². The number of carbonyl (C=O) groups is 1. The monoisotopic (exact) mass is 345 g/mol. The first kappa shape index (κ1) is 16.9. The number of nitrogens with zero attached hydrogens (tertiary/aromatic N) is 2. The zero-order valence-electron chi connectivity index (χ0n) is 13.9. The third kappa shape index (κ3) is 4.13. The molecule has 1 atom stereocenters. The minimum absolute atomic E-state index is 0.0145. The Labute approximate surface area is 146 Å². The van der Waals surface area contributed by atoms with Gasteiger partial charge in [-0.2, -0.15) is 0 Å². The molecule has 1 aliphatic heterocycles. The summed E-state index contributed by atoms with van der Waals surface area (Å²) in [5, 5.41) is 16.3. The standard InChI is InChI=1S/C18H23N3O2S/c1-2-17-20-15(12-24-17)10-19-14-6-3-5-13(9-14)18(23)21-8-4-7-16(22)11-21/h3,5-6,9,12,16,19,22H,2,4,7-8,10-11H2,1H3/t16-/m1/s1. The topological polar surface area (TPSA) is 65.5 Å². The second-order valence-corrected chi connectivity index (χ2v) is 7.01. The van der Waals surface area contributed by atoms with Crippen LogP contribution < -0.4 is 5.32 Å². The van der Waals surface area contributed by atoms with E-state index in [0.29, 0.717) is 25.2 Å². The van der Waals surface area contributed by atoms with Crippen molar-refractivity contribution in [1.29, 1.82) is 0 Å². The van der Waals surface area contributed by atoms with E-state index in [1.54, 1.807) is 16.2 Å². The Bertz CT molecular complexity index is 701. The minimum atomic E-state index is -0.401. The number of aromatic nitrogens is 1. The number of hydrogen-bond acceptors (Lipinski definition) is 5. The van der Waals surface area contributed by atoms with Crippen molar-refractivity contribution < 1.29 is 9.90 Å². The number of aliphatic hydroxyl groups excluding tert-OH is 1. The maximum atomic E-state index is 12.6. The van der Waals surface area contributed by atoms with Gasteiger partial charge in [-0.25, -0.2) is 4.98 Å². The van der Waals surface area contributed by atoms with Crippen LogP contribution in [0.3, 0.4) is 0 Å². The van der Waals surface area contributed by atoms with Gasteiger partial charge in [0, 0.05) is 29.7 Å². The van der Waals surface area contributed by atoms with Crippen molar-refractivity contribution >= 4 is 22.9 Å². The van der Waals surface area contributed by atoms with E-state index in [2.05, 4.69) is 22.6 Å². The SMILES string of the molecule is CCc1nc(CNc2cccc(C(=O)N3CCC[C@@H](O)C3)c2)cs1. The Morgan fingerprint density at radius 1 is 1.50 bits per heavy atom. The molecule has 24 heavy (non-hydrogen) atoms. The highest BCUT2D eigenvalue weighted by Crippen LogP contribution is 2.18. The summed E-state index contributed by atoms with van der Waals surface area (Å²) in [5.41, 5.74) is 2.58. The summed E-state index contributed by atoms with van der Waals surface area (Å²) in [6, 6.07) is 7.53. The second-order valence-electron chi connectivity index (χ2n) is 6.07. The van der Waals surface area contributed by atoms with Crippen molar-refractivity contribution in [2.24, 2.45) is 0 Å². The number of benzene rings is 1. The van der Waals surface area contributed by atoms with E-state index in [1.165, 1.54) is 0 Å². The molecule has 1 amide bonds. The van der Waals surface area contributed by atoms with E-state index >= 15 is 0 Å². The van der Waals surface area contributed by atoms with Gasteiger partial charge in [-0.15, -0.1) is 11.3 Å². The fraction of sp³-hybridized carbons (Fsp3) is 0.444. The molecule has 0 saturated carbocycles. The molecule has 1 aromatic heterocycles. The highest BCUT2D eigenvalue weighted by Gasteiger charge is 2.23. The van der Waals surface area contributed by atoms with Crippen LogP contribution in [0.5, 0.6) is 0 Å². The molecule has 1 saturated heterocycles. The Kier molecular flexibility index (Phi) is 5.48. The van der Waals surface area contributed by atoms with Crippen LogP contribution in [0.25, 0.3) is 0 Å². The number of rotatable bonds is 5. The Morgan fingerprint density at radius 2 is 2.38 bits per heavy atom. The molecule has 1 aromatic carbocycles. The highest BCUT2D eigenvalue weighted by molar-refractivity contribution is 7.09. The lowest BCUT2D eigenvalue weighted by molar-refractivity contribution is 0.0474. The van der Waals surface area contributed by atoms with Gasteiger partial charge in [0.1, 0.15) is 0 Å². The third-order valence-corrected chi connectivity index (χ3v) is 5.21. The van der Waals surface area contributed by atoms with E-state index < -0.39 is 6.10 Å². The van der Waals surface area contributed by atoms with Crippen molar-refractivity contribution in [1.82, 2.24) is 9.88 Å². The fourth-order valence-corrected chi connectivity index (χ4v) is 3.61. The molecule has 1 aliphatic rings. The van der Waals surface area contributed by atoms with Crippen LogP contribution in [0.4, 0.5) is 5.69 Å². The predicted molar refractivity (Wildman–Crippen MR) is 96.4 cm³/mol. The first-order chi connectivity index (χ1) is 11.7. The van der Waals surface area contributed by atoms with Crippen LogP contribution in [-0.2, 0) is 13.0 Å². The molecular weight excluding hydrogens is 322 g/mol. The zero-order valence-corrected chi connectivity index (χ0v) is 14.7. The predicted octanol–water partition coefficient (Wildman–Crippen LogP) is 2.91. The van der Waals surface area contributed by atoms with Crippen LogP contribution in [0.2, 0.25) is 0 Å². The van der Waals surface area contributed by atoms with Gasteiger partial charge in [0.25, 0.3) is 5.91 Å². The molecule has 6 heteroatoms. The molecule has 0 bridgehead atoms. The number of anilines is 1. The molecule has 128 valence electrons. The summed E-state index contributed by atoms with van der Waals surface area (Å²) in [7, 11) is 0. The molecule has 0 unspecified atom stereocenters. The summed E-state index contributed by atoms with van der Waals surface area (Å²) in [6.07, 6.45) is 2.19. The van der Waals surface area contributed by atoms with Gasteiger partial charge in [-0.05, 0) is 37.5 Å². The molecule has 2 N–H and O–H groups in total. The normalized spacial score (nSPS) is 17.8. The quantitative estimate of drug-likeness (QED) is 0.874. The van der Waals surface area contributed by atoms with E-state index in [4.69, 9.17) is 0 Å². The Hall–Kier alpha value is -1.92. The van der Waals surface area contributed by atoms with E-state index in [1.807, 2.05) is 24.3 Å². The van der Waals surface area contributed by atoms with Crippen molar-refractivity contribution in [3.8, 4) is 0 Å². The minimum Gasteiger partial charge on any atom is -0.391 e. The number of likely N-dealkylation sites (tertiary alicyclic amines) is 1. The number of β-amino-alcohol motifs (C(OH)–C–C–N with tert-alkyl or cyclic N) is 1. The summed E-state index contributed by atoms with van der Waals surface area (Å²) < 4.78 is 0. The summed E-state index contributed by atoms with van der Waals surface area (Å²) in [6.45, 7) is 3.89. The van der Waals surface area contributed by atoms with Gasteiger partial charge in [-0.1, -0.05) is 13.0 Å². The number of hydrogen-bond donors (Lipinski definition) is 2. The highest BCUT2D eigenvalue weighted by atomic mass is 32.1. The fourth-order valence-electron chi connectivity index (χ4n) is 2.87. The number of aryl methyl sites for hydroxylation is 1. The maximum absolute atomic E-state index is 12.6. The zero-order chi connectivity index (χ0) is 16.9. The third-order valence-electron chi connectivity index (χ3n) is 4.17. The van der Waals surface area contributed by atoms with E-state index in [9.17, 15) is 9.90 Å². The molecule has 0 aliphatic carbocycles. The van der Waals surface area contributed by atoms with Crippen LogP contribution in [0.15, 0.2) is 29.6 Å². The smallest absolute Gasteiger partial charge is 0.254 e. The lowest BCUT2D eigenvalue weighted by atomic mass is 10.1. The summed E-state index contributed by atoms with van der Waals surface area (Å²) in [4.78, 5) is 18.9. The Balaban J connectivity index is 1.63. The first-order valence-electron chi connectivity index (χ1n) is 8.40. The largest absolute Gasteiger partial charge is 0.391 e. The molecule has 1 fully saturated rings. The molecule has 2 heterocycles. The molecule has 3 rings (SSSR count). The van der Waals surface area contributed by atoms with Crippen LogP contribution >= 0.6 is 11.3 Å². The number of aliphatic hydroxyl groups is 1. The molecule has 2 aromatic rings. The van der Waals surface area contributed by atoms with Gasteiger partial charge in [-0.3, -0.25) is 4.79 Å². The van der Waals surface area contributed by atoms with Gasteiger partial charge in [0.2, 0.25) is 0 Å². The van der Waals surface area contributed by atoms with Gasteiger partial charge < -0.3 is 15.3 Å². The average Bonchev–Trinajstić information content (AvgIpc) is 3.08. The molecule has 5 nitrogen and oxygen atoms in total. The van der Waals surface area contributed by atoms with Crippen molar-refractivity contribution in [2.75, 3.05) is 18.4 Å². The summed E-state index contributed by atoms with van der Waals surface area (Å²) >= 11 is 1.68. The second kappa shape index (κ2) is 7.77.